The average molecular weight is 370 g/mol. The highest BCUT2D eigenvalue weighted by Gasteiger charge is 2.14. The summed E-state index contributed by atoms with van der Waals surface area (Å²) < 4.78 is 26.7. The first-order chi connectivity index (χ1) is 7.97. The summed E-state index contributed by atoms with van der Waals surface area (Å²) in [5, 5.41) is 10.4. The second-order valence-electron chi connectivity index (χ2n) is 3.19. The molecule has 94 valence electrons. The molecular formula is C9H11IN2O4S. The van der Waals surface area contributed by atoms with E-state index >= 15 is 0 Å². The third kappa shape index (κ3) is 4.21. The first-order valence-corrected chi connectivity index (χ1v) is 7.78. The van der Waals surface area contributed by atoms with Crippen LogP contribution in [-0.4, -0.2) is 24.3 Å². The first kappa shape index (κ1) is 14.3. The number of hydrogen-bond donors (Lipinski definition) is 1. The molecule has 6 nitrogen and oxygen atoms in total. The van der Waals surface area contributed by atoms with E-state index in [2.05, 4.69) is 27.3 Å². The van der Waals surface area contributed by atoms with Crippen LogP contribution < -0.4 is 4.72 Å². The highest BCUT2D eigenvalue weighted by molar-refractivity contribution is 14.1. The Morgan fingerprint density at radius 1 is 1.29 bits per heavy atom. The van der Waals surface area contributed by atoms with Crippen LogP contribution in [0.15, 0.2) is 29.2 Å². The fraction of sp³-hybridized carbons (Fsp3) is 0.333. The summed E-state index contributed by atoms with van der Waals surface area (Å²) in [6.07, 6.45) is 0.743. The van der Waals surface area contributed by atoms with Gasteiger partial charge in [-0.2, -0.15) is 0 Å². The van der Waals surface area contributed by atoms with Crippen LogP contribution >= 0.6 is 22.6 Å². The van der Waals surface area contributed by atoms with Gasteiger partial charge < -0.3 is 0 Å². The van der Waals surface area contributed by atoms with Gasteiger partial charge in [0.25, 0.3) is 5.69 Å². The topological polar surface area (TPSA) is 89.3 Å². The number of rotatable bonds is 6. The summed E-state index contributed by atoms with van der Waals surface area (Å²) in [5.74, 6) is 0. The highest BCUT2D eigenvalue weighted by Crippen LogP contribution is 2.15. The van der Waals surface area contributed by atoms with Gasteiger partial charge in [0.2, 0.25) is 10.0 Å². The molecule has 0 saturated heterocycles. The number of benzene rings is 1. The van der Waals surface area contributed by atoms with E-state index in [4.69, 9.17) is 0 Å². The standard InChI is InChI=1S/C9H11IN2O4S/c10-6-1-7-11-17(15,16)9-4-2-8(3-5-9)12(13)14/h2-5,11H,1,6-7H2. The van der Waals surface area contributed by atoms with Gasteiger partial charge in [-0.15, -0.1) is 0 Å². The molecule has 17 heavy (non-hydrogen) atoms. The number of alkyl halides is 1. The molecule has 0 spiro atoms. The van der Waals surface area contributed by atoms with Gasteiger partial charge in [0, 0.05) is 23.1 Å². The zero-order valence-electron chi connectivity index (χ0n) is 8.80. The monoisotopic (exact) mass is 370 g/mol. The van der Waals surface area contributed by atoms with Crippen LogP contribution in [0.3, 0.4) is 0 Å². The van der Waals surface area contributed by atoms with E-state index in [1.165, 1.54) is 24.3 Å². The largest absolute Gasteiger partial charge is 0.269 e. The fourth-order valence-corrected chi connectivity index (χ4v) is 2.56. The van der Waals surface area contributed by atoms with Crippen molar-refractivity contribution in [3.63, 3.8) is 0 Å². The predicted octanol–water partition coefficient (Wildman–Crippen LogP) is 1.70. The van der Waals surface area contributed by atoms with Crippen molar-refractivity contribution in [2.24, 2.45) is 0 Å². The summed E-state index contributed by atoms with van der Waals surface area (Å²) in [7, 11) is -3.55. The van der Waals surface area contributed by atoms with Crippen LogP contribution in [0.1, 0.15) is 6.42 Å². The Balaban J connectivity index is 2.81. The Labute approximate surface area is 113 Å². The van der Waals surface area contributed by atoms with Crippen molar-refractivity contribution in [2.75, 3.05) is 11.0 Å². The minimum Gasteiger partial charge on any atom is -0.258 e. The van der Waals surface area contributed by atoms with E-state index < -0.39 is 14.9 Å². The molecule has 0 atom stereocenters. The van der Waals surface area contributed by atoms with Crippen molar-refractivity contribution in [1.29, 1.82) is 0 Å². The third-order valence-electron chi connectivity index (χ3n) is 1.96. The summed E-state index contributed by atoms with van der Waals surface area (Å²) in [5.41, 5.74) is -0.129. The summed E-state index contributed by atoms with van der Waals surface area (Å²) in [6.45, 7) is 0.363. The Hall–Kier alpha value is -0.740. The van der Waals surface area contributed by atoms with Crippen molar-refractivity contribution in [1.82, 2.24) is 4.72 Å². The molecule has 0 aliphatic carbocycles. The van der Waals surface area contributed by atoms with E-state index in [1.54, 1.807) is 0 Å². The number of nitro benzene ring substituents is 1. The van der Waals surface area contributed by atoms with Gasteiger partial charge in [-0.3, -0.25) is 10.1 Å². The van der Waals surface area contributed by atoms with Gasteiger partial charge >= 0.3 is 0 Å². The number of non-ortho nitro benzene ring substituents is 1. The lowest BCUT2D eigenvalue weighted by atomic mass is 10.3. The van der Waals surface area contributed by atoms with Crippen LogP contribution in [0.5, 0.6) is 0 Å². The maximum absolute atomic E-state index is 11.7. The fourth-order valence-electron chi connectivity index (χ4n) is 1.10. The molecule has 0 radical (unpaired) electrons. The molecule has 0 aliphatic rings. The zero-order chi connectivity index (χ0) is 12.9. The number of sulfonamides is 1. The van der Waals surface area contributed by atoms with E-state index in [-0.39, 0.29) is 10.6 Å². The molecule has 0 saturated carbocycles. The Morgan fingerprint density at radius 2 is 1.88 bits per heavy atom. The Kier molecular flexibility index (Phi) is 5.28. The summed E-state index contributed by atoms with van der Waals surface area (Å²) in [4.78, 5) is 9.88. The number of nitrogens with one attached hydrogen (secondary N) is 1. The van der Waals surface area contributed by atoms with E-state index in [1.807, 2.05) is 0 Å². The first-order valence-electron chi connectivity index (χ1n) is 4.77. The molecule has 0 unspecified atom stereocenters. The average Bonchev–Trinajstić information content (AvgIpc) is 2.29. The number of hydrogen-bond acceptors (Lipinski definition) is 4. The van der Waals surface area contributed by atoms with Crippen molar-refractivity contribution in [3.8, 4) is 0 Å². The van der Waals surface area contributed by atoms with Gasteiger partial charge in [-0.1, -0.05) is 22.6 Å². The molecule has 1 aromatic rings. The van der Waals surface area contributed by atoms with Gasteiger partial charge in [0.1, 0.15) is 0 Å². The summed E-state index contributed by atoms with van der Waals surface area (Å²) in [6, 6.07) is 4.80. The predicted molar refractivity (Wildman–Crippen MR) is 71.8 cm³/mol. The van der Waals surface area contributed by atoms with Crippen LogP contribution in [0.4, 0.5) is 5.69 Å². The molecule has 1 aromatic carbocycles. The number of nitro groups is 1. The smallest absolute Gasteiger partial charge is 0.258 e. The number of nitrogens with zero attached hydrogens (tertiary/aromatic N) is 1. The lowest BCUT2D eigenvalue weighted by molar-refractivity contribution is -0.384. The van der Waals surface area contributed by atoms with Crippen molar-refractivity contribution in [2.45, 2.75) is 11.3 Å². The van der Waals surface area contributed by atoms with E-state index in [0.29, 0.717) is 6.54 Å². The molecule has 0 aliphatic heterocycles. The van der Waals surface area contributed by atoms with Crippen LogP contribution in [0.2, 0.25) is 0 Å². The highest BCUT2D eigenvalue weighted by atomic mass is 127. The lowest BCUT2D eigenvalue weighted by Gasteiger charge is -2.05. The van der Waals surface area contributed by atoms with Crippen LogP contribution in [0.25, 0.3) is 0 Å². The van der Waals surface area contributed by atoms with Gasteiger partial charge in [-0.25, -0.2) is 13.1 Å². The SMILES string of the molecule is O=[N+]([O-])c1ccc(S(=O)(=O)NCCCI)cc1. The van der Waals surface area contributed by atoms with E-state index in [9.17, 15) is 18.5 Å². The zero-order valence-corrected chi connectivity index (χ0v) is 11.8. The maximum atomic E-state index is 11.7. The Morgan fingerprint density at radius 3 is 2.35 bits per heavy atom. The second-order valence-corrected chi connectivity index (χ2v) is 6.04. The second kappa shape index (κ2) is 6.26. The van der Waals surface area contributed by atoms with E-state index in [0.717, 1.165) is 10.8 Å². The molecule has 0 heterocycles. The van der Waals surface area contributed by atoms with Crippen LogP contribution in [-0.2, 0) is 10.0 Å². The molecule has 1 rings (SSSR count). The quantitative estimate of drug-likeness (QED) is 0.271. The summed E-state index contributed by atoms with van der Waals surface area (Å²) >= 11 is 2.16. The van der Waals surface area contributed by atoms with Gasteiger partial charge in [-0.05, 0) is 18.6 Å². The molecule has 0 aromatic heterocycles. The lowest BCUT2D eigenvalue weighted by Crippen LogP contribution is -2.24. The van der Waals surface area contributed by atoms with Crippen molar-refractivity contribution in [3.05, 3.63) is 34.4 Å². The van der Waals surface area contributed by atoms with Gasteiger partial charge in [0.15, 0.2) is 0 Å². The number of halogens is 1. The molecule has 1 N–H and O–H groups in total. The van der Waals surface area contributed by atoms with Gasteiger partial charge in [0.05, 0.1) is 9.82 Å². The molecule has 0 amide bonds. The maximum Gasteiger partial charge on any atom is 0.269 e. The Bertz CT molecular complexity index is 486. The third-order valence-corrected chi connectivity index (χ3v) is 4.20. The van der Waals surface area contributed by atoms with Crippen LogP contribution in [0, 0.1) is 10.1 Å². The normalized spacial score (nSPS) is 11.4. The molecule has 0 fully saturated rings. The van der Waals surface area contributed by atoms with Crippen molar-refractivity contribution < 1.29 is 13.3 Å². The van der Waals surface area contributed by atoms with Crippen molar-refractivity contribution >= 4 is 38.3 Å². The molecule has 0 bridgehead atoms. The molecular weight excluding hydrogens is 359 g/mol. The minimum atomic E-state index is -3.55. The molecule has 8 heteroatoms. The minimum absolute atomic E-state index is 0.0385.